The van der Waals surface area contributed by atoms with Crippen LogP contribution in [0.5, 0.6) is 5.75 Å². The lowest BCUT2D eigenvalue weighted by atomic mass is 9.78. The summed E-state index contributed by atoms with van der Waals surface area (Å²) < 4.78 is 37.9. The zero-order valence-corrected chi connectivity index (χ0v) is 30.5. The monoisotopic (exact) mass is 741 g/mol. The van der Waals surface area contributed by atoms with Gasteiger partial charge in [-0.15, -0.1) is 0 Å². The standard InChI is InChI=1S/C36H46ClN7O.C2HF3O2/c1-36(2,30-21-28(24-38)22-31(37)23-30)29-3-5-34(6-4-29)45-26-32-9-14-40-35(41-32)44-19-17-43(18-20-44)33-10-15-42(16-11-33)25-27-7-12-39-13-8-27;3-2(4,5)1(6)7/h3-6,9,14,21-23,27,33,39H,7-8,10-13,15-20,25-26H2,1-2H3;(H,6,7). The molecular formula is C38H47ClF3N7O3. The lowest BCUT2D eigenvalue weighted by Crippen LogP contribution is -2.54. The number of likely N-dealkylation sites (tertiary alicyclic amines) is 1. The Kier molecular flexibility index (Phi) is 13.4. The molecule has 3 aliphatic heterocycles. The van der Waals surface area contributed by atoms with Crippen molar-refractivity contribution >= 4 is 23.5 Å². The molecule has 4 heterocycles. The molecule has 6 rings (SSSR count). The number of benzene rings is 2. The van der Waals surface area contributed by atoms with E-state index in [9.17, 15) is 18.4 Å². The van der Waals surface area contributed by atoms with Crippen LogP contribution in [0.2, 0.25) is 5.02 Å². The minimum atomic E-state index is -5.08. The molecule has 280 valence electrons. The van der Waals surface area contributed by atoms with Crippen LogP contribution in [0.4, 0.5) is 19.1 Å². The third kappa shape index (κ3) is 10.8. The highest BCUT2D eigenvalue weighted by Gasteiger charge is 2.38. The van der Waals surface area contributed by atoms with E-state index in [-0.39, 0.29) is 5.41 Å². The van der Waals surface area contributed by atoms with Gasteiger partial charge in [0.1, 0.15) is 12.4 Å². The molecule has 0 aliphatic carbocycles. The fourth-order valence-electron chi connectivity index (χ4n) is 7.11. The molecule has 10 nitrogen and oxygen atoms in total. The Bertz CT molecular complexity index is 1660. The zero-order chi connectivity index (χ0) is 37.3. The van der Waals surface area contributed by atoms with Gasteiger partial charge >= 0.3 is 12.1 Å². The molecule has 14 heteroatoms. The maximum atomic E-state index is 10.6. The van der Waals surface area contributed by atoms with E-state index in [1.54, 1.807) is 6.07 Å². The number of anilines is 1. The number of rotatable bonds is 9. The molecule has 2 aromatic carbocycles. The SMILES string of the molecule is CC(C)(c1ccc(OCc2ccnc(N3CCN(C4CCN(CC5CCNCC5)CC4)CC3)n2)cc1)c1cc(Cl)cc(C#N)c1.O=C(O)C(F)(F)F. The summed E-state index contributed by atoms with van der Waals surface area (Å²) >= 11 is 6.29. The van der Waals surface area contributed by atoms with Crippen LogP contribution in [0.15, 0.2) is 54.7 Å². The van der Waals surface area contributed by atoms with Gasteiger partial charge in [-0.2, -0.15) is 18.4 Å². The summed E-state index contributed by atoms with van der Waals surface area (Å²) in [5.41, 5.74) is 3.24. The lowest BCUT2D eigenvalue weighted by Gasteiger charge is -2.43. The number of nitriles is 1. The van der Waals surface area contributed by atoms with Crippen LogP contribution in [0, 0.1) is 17.2 Å². The van der Waals surface area contributed by atoms with Crippen LogP contribution < -0.4 is 15.0 Å². The van der Waals surface area contributed by atoms with Crippen molar-refractivity contribution in [1.82, 2.24) is 25.1 Å². The predicted molar refractivity (Wildman–Crippen MR) is 194 cm³/mol. The molecule has 1 aromatic heterocycles. The summed E-state index contributed by atoms with van der Waals surface area (Å²) in [7, 11) is 0. The Morgan fingerprint density at radius 1 is 0.981 bits per heavy atom. The van der Waals surface area contributed by atoms with Crippen LogP contribution in [-0.2, 0) is 16.8 Å². The van der Waals surface area contributed by atoms with Crippen molar-refractivity contribution < 1.29 is 27.8 Å². The largest absolute Gasteiger partial charge is 0.490 e. The predicted octanol–water partition coefficient (Wildman–Crippen LogP) is 6.13. The van der Waals surface area contributed by atoms with Crippen molar-refractivity contribution in [2.24, 2.45) is 5.92 Å². The summed E-state index contributed by atoms with van der Waals surface area (Å²) in [6.07, 6.45) is 2.00. The number of alkyl halides is 3. The maximum absolute atomic E-state index is 10.6. The van der Waals surface area contributed by atoms with Crippen molar-refractivity contribution in [3.05, 3.63) is 82.1 Å². The van der Waals surface area contributed by atoms with Crippen LogP contribution in [0.3, 0.4) is 0 Å². The van der Waals surface area contributed by atoms with Crippen LogP contribution in [0.25, 0.3) is 0 Å². The second-order valence-corrected chi connectivity index (χ2v) is 14.6. The average Bonchev–Trinajstić information content (AvgIpc) is 3.15. The molecule has 0 radical (unpaired) electrons. The molecule has 0 atom stereocenters. The topological polar surface area (TPSA) is 118 Å². The third-order valence-electron chi connectivity index (χ3n) is 10.3. The van der Waals surface area contributed by atoms with Gasteiger partial charge in [0.25, 0.3) is 0 Å². The summed E-state index contributed by atoms with van der Waals surface area (Å²) in [4.78, 5) is 26.1. The molecule has 0 saturated carbocycles. The number of hydrogen-bond acceptors (Lipinski definition) is 9. The molecule has 3 saturated heterocycles. The van der Waals surface area contributed by atoms with Gasteiger partial charge in [-0.1, -0.05) is 37.6 Å². The van der Waals surface area contributed by atoms with Gasteiger partial charge in [-0.05, 0) is 105 Å². The number of piperazine rings is 1. The smallest absolute Gasteiger partial charge is 0.487 e. The molecule has 0 amide bonds. The normalized spacial score (nSPS) is 18.3. The Labute approximate surface area is 308 Å². The number of nitrogens with one attached hydrogen (secondary N) is 1. The Morgan fingerprint density at radius 3 is 2.25 bits per heavy atom. The molecule has 3 fully saturated rings. The van der Waals surface area contributed by atoms with Gasteiger partial charge in [0.15, 0.2) is 0 Å². The summed E-state index contributed by atoms with van der Waals surface area (Å²) in [6, 6.07) is 18.5. The number of carbonyl (C=O) groups is 1. The fraction of sp³-hybridized carbons (Fsp3) is 0.526. The van der Waals surface area contributed by atoms with E-state index in [1.165, 1.54) is 58.4 Å². The first kappa shape index (κ1) is 39.3. The Morgan fingerprint density at radius 2 is 1.63 bits per heavy atom. The zero-order valence-electron chi connectivity index (χ0n) is 29.7. The molecule has 52 heavy (non-hydrogen) atoms. The first-order valence-electron chi connectivity index (χ1n) is 17.8. The maximum Gasteiger partial charge on any atom is 0.490 e. The average molecular weight is 742 g/mol. The van der Waals surface area contributed by atoms with Crippen LogP contribution in [-0.4, -0.2) is 102 Å². The van der Waals surface area contributed by atoms with E-state index in [0.29, 0.717) is 23.2 Å². The van der Waals surface area contributed by atoms with E-state index in [1.807, 2.05) is 36.5 Å². The molecule has 3 aromatic rings. The van der Waals surface area contributed by atoms with Gasteiger partial charge < -0.3 is 25.0 Å². The number of aromatic nitrogens is 2. The minimum Gasteiger partial charge on any atom is -0.487 e. The molecule has 3 aliphatic rings. The van der Waals surface area contributed by atoms with E-state index in [4.69, 9.17) is 31.2 Å². The number of nitrogens with zero attached hydrogens (tertiary/aromatic N) is 6. The van der Waals surface area contributed by atoms with Crippen LogP contribution >= 0.6 is 11.6 Å². The first-order chi connectivity index (χ1) is 24.8. The third-order valence-corrected chi connectivity index (χ3v) is 10.5. The quantitative estimate of drug-likeness (QED) is 0.266. The number of carboxylic acid groups (broad SMARTS) is 1. The van der Waals surface area contributed by atoms with Gasteiger partial charge in [-0.3, -0.25) is 4.90 Å². The Hall–Kier alpha value is -3.96. The van der Waals surface area contributed by atoms with Crippen LogP contribution in [0.1, 0.15) is 61.9 Å². The number of hydrogen-bond donors (Lipinski definition) is 2. The molecule has 2 N–H and O–H groups in total. The number of carboxylic acids is 1. The molecular weight excluding hydrogens is 695 g/mol. The second-order valence-electron chi connectivity index (χ2n) is 14.2. The first-order valence-corrected chi connectivity index (χ1v) is 18.2. The highest BCUT2D eigenvalue weighted by molar-refractivity contribution is 6.30. The van der Waals surface area contributed by atoms with E-state index >= 15 is 0 Å². The van der Waals surface area contributed by atoms with Crippen molar-refractivity contribution in [2.45, 2.75) is 63.8 Å². The van der Waals surface area contributed by atoms with Crippen molar-refractivity contribution in [3.8, 4) is 11.8 Å². The minimum absolute atomic E-state index is 0.315. The van der Waals surface area contributed by atoms with E-state index in [2.05, 4.69) is 57.0 Å². The summed E-state index contributed by atoms with van der Waals surface area (Å²) in [5.74, 6) is -0.296. The van der Waals surface area contributed by atoms with Gasteiger partial charge in [0, 0.05) is 55.4 Å². The van der Waals surface area contributed by atoms with Crippen molar-refractivity contribution in [2.75, 3.05) is 63.8 Å². The van der Waals surface area contributed by atoms with Crippen molar-refractivity contribution in [3.63, 3.8) is 0 Å². The number of halogens is 4. The highest BCUT2D eigenvalue weighted by Crippen LogP contribution is 2.34. The van der Waals surface area contributed by atoms with Gasteiger partial charge in [0.2, 0.25) is 5.95 Å². The summed E-state index contributed by atoms with van der Waals surface area (Å²) in [5, 5.41) is 20.6. The number of aliphatic carboxylic acids is 1. The summed E-state index contributed by atoms with van der Waals surface area (Å²) in [6.45, 7) is 14.9. The second kappa shape index (κ2) is 17.7. The number of piperidine rings is 2. The van der Waals surface area contributed by atoms with E-state index < -0.39 is 12.1 Å². The number of ether oxygens (including phenoxy) is 1. The molecule has 0 unspecified atom stereocenters. The van der Waals surface area contributed by atoms with Gasteiger partial charge in [0.05, 0.1) is 17.3 Å². The molecule has 0 bridgehead atoms. The van der Waals surface area contributed by atoms with E-state index in [0.717, 1.165) is 60.6 Å². The lowest BCUT2D eigenvalue weighted by molar-refractivity contribution is -0.192. The Balaban J connectivity index is 0.000000679. The molecule has 0 spiro atoms. The fourth-order valence-corrected chi connectivity index (χ4v) is 7.34. The van der Waals surface area contributed by atoms with Crippen molar-refractivity contribution in [1.29, 1.82) is 5.26 Å². The van der Waals surface area contributed by atoms with Gasteiger partial charge in [-0.25, -0.2) is 14.8 Å². The highest BCUT2D eigenvalue weighted by atomic mass is 35.5.